The zero-order chi connectivity index (χ0) is 26.6. The first-order valence-electron chi connectivity index (χ1n) is 12.7. The summed E-state index contributed by atoms with van der Waals surface area (Å²) in [5.74, 6) is -0.240. The summed E-state index contributed by atoms with van der Waals surface area (Å²) in [7, 11) is -6.33. The number of nitrogens with zero attached hydrogens (tertiary/aromatic N) is 1. The summed E-state index contributed by atoms with van der Waals surface area (Å²) in [6, 6.07) is 9.23. The van der Waals surface area contributed by atoms with E-state index in [-0.39, 0.29) is 16.0 Å². The molecule has 0 saturated carbocycles. The maximum Gasteiger partial charge on any atom is 0.255 e. The van der Waals surface area contributed by atoms with Crippen LogP contribution in [0.1, 0.15) is 54.4 Å². The largest absolute Gasteiger partial charge is 0.406 e. The fourth-order valence-corrected chi connectivity index (χ4v) is 8.57. The molecule has 9 heteroatoms. The average Bonchev–Trinajstić information content (AvgIpc) is 2.93. The van der Waals surface area contributed by atoms with E-state index in [9.17, 15) is 14.1 Å². The lowest BCUT2D eigenvalue weighted by atomic mass is 9.95. The molecule has 1 aromatic rings. The Morgan fingerprint density at radius 3 is 2.00 bits per heavy atom. The van der Waals surface area contributed by atoms with E-state index in [1.54, 1.807) is 0 Å². The minimum atomic E-state index is -2.43. The zero-order valence-electron chi connectivity index (χ0n) is 23.2. The van der Waals surface area contributed by atoms with Crippen molar-refractivity contribution in [2.75, 3.05) is 6.54 Å². The third kappa shape index (κ3) is 5.14. The third-order valence-corrected chi connectivity index (χ3v) is 19.4. The monoisotopic (exact) mass is 539 g/mol. The summed E-state index contributed by atoms with van der Waals surface area (Å²) >= 11 is 0. The number of hydrogen-bond donors (Lipinski definition) is 1. The molecule has 0 aromatic heterocycles. The molecule has 2 saturated heterocycles. The molecule has 1 aromatic carbocycles. The Labute approximate surface area is 216 Å². The number of piperidine rings is 1. The lowest BCUT2D eigenvalue weighted by Gasteiger charge is -2.49. The Hall–Kier alpha value is -0.846. The van der Waals surface area contributed by atoms with Gasteiger partial charge in [-0.15, -0.1) is 0 Å². The van der Waals surface area contributed by atoms with Crippen LogP contribution in [0.2, 0.25) is 36.3 Å². The van der Waals surface area contributed by atoms with Crippen LogP contribution < -0.4 is 0 Å². The normalized spacial score (nSPS) is 29.3. The molecule has 3 rings (SSSR count). The molecule has 2 aliphatic rings. The number of benzene rings is 1. The Bertz CT molecular complexity index is 957. The molecule has 198 valence electrons. The van der Waals surface area contributed by atoms with E-state index in [4.69, 9.17) is 8.85 Å². The second-order valence-corrected chi connectivity index (χ2v) is 24.3. The molecule has 2 unspecified atom stereocenters. The van der Waals surface area contributed by atoms with Gasteiger partial charge < -0.3 is 18.9 Å². The molecule has 35 heavy (non-hydrogen) atoms. The number of hydrogen-bond acceptors (Lipinski definition) is 5. The fourth-order valence-electron chi connectivity index (χ4n) is 4.36. The lowest BCUT2D eigenvalue weighted by Crippen LogP contribution is -2.66. The van der Waals surface area contributed by atoms with Crippen molar-refractivity contribution in [1.29, 1.82) is 0 Å². The van der Waals surface area contributed by atoms with Gasteiger partial charge >= 0.3 is 0 Å². The van der Waals surface area contributed by atoms with Crippen LogP contribution in [0.5, 0.6) is 0 Å². The maximum absolute atomic E-state index is 13.9. The van der Waals surface area contributed by atoms with Crippen molar-refractivity contribution >= 4 is 33.3 Å². The number of rotatable bonds is 6. The molecule has 0 spiro atoms. The maximum atomic E-state index is 13.9. The van der Waals surface area contributed by atoms with Crippen molar-refractivity contribution in [3.05, 3.63) is 30.3 Å². The molecule has 0 radical (unpaired) electrons. The van der Waals surface area contributed by atoms with Crippen LogP contribution in [-0.4, -0.2) is 66.5 Å². The van der Waals surface area contributed by atoms with E-state index in [1.807, 2.05) is 30.3 Å². The smallest absolute Gasteiger partial charge is 0.255 e. The highest BCUT2D eigenvalue weighted by Gasteiger charge is 2.67. The van der Waals surface area contributed by atoms with E-state index in [1.165, 1.54) is 4.90 Å². The Kier molecular flexibility index (Phi) is 7.77. The van der Waals surface area contributed by atoms with Crippen molar-refractivity contribution in [3.63, 3.8) is 0 Å². The Morgan fingerprint density at radius 2 is 1.49 bits per heavy atom. The number of amides is 1. The van der Waals surface area contributed by atoms with Crippen molar-refractivity contribution in [1.82, 2.24) is 4.90 Å². The molecular formula is C26H45NO5SSi2. The highest BCUT2D eigenvalue weighted by atomic mass is 32.2. The molecule has 1 N–H and O–H groups in total. The van der Waals surface area contributed by atoms with Gasteiger partial charge in [0, 0.05) is 11.4 Å². The lowest BCUT2D eigenvalue weighted by molar-refractivity contribution is -0.166. The molecule has 1 amide bonds. The summed E-state index contributed by atoms with van der Waals surface area (Å²) in [6.45, 7) is 21.7. The van der Waals surface area contributed by atoms with Gasteiger partial charge in [0.05, 0.1) is 16.0 Å². The van der Waals surface area contributed by atoms with Gasteiger partial charge in [-0.2, -0.15) is 0 Å². The van der Waals surface area contributed by atoms with E-state index in [0.717, 1.165) is 0 Å². The fraction of sp³-hybridized carbons (Fsp3) is 0.731. The predicted octanol–water partition coefficient (Wildman–Crippen LogP) is 5.27. The van der Waals surface area contributed by atoms with E-state index < -0.39 is 50.6 Å². The Morgan fingerprint density at radius 1 is 0.971 bits per heavy atom. The second-order valence-electron chi connectivity index (χ2n) is 13.1. The molecule has 2 fully saturated rings. The van der Waals surface area contributed by atoms with E-state index >= 15 is 0 Å². The topological polar surface area (TPSA) is 76.1 Å². The summed E-state index contributed by atoms with van der Waals surface area (Å²) in [5, 5.41) is 11.6. The third-order valence-electron chi connectivity index (χ3n) is 8.65. The van der Waals surface area contributed by atoms with Crippen LogP contribution in [0.4, 0.5) is 0 Å². The highest BCUT2D eigenvalue weighted by molar-refractivity contribution is 7.85. The van der Waals surface area contributed by atoms with Gasteiger partial charge in [-0.25, -0.2) is 0 Å². The number of carbonyl (C=O) groups is 1. The minimum absolute atomic E-state index is 0.118. The molecule has 2 heterocycles. The number of carbonyl (C=O) groups excluding carboxylic acids is 1. The first-order chi connectivity index (χ1) is 15.8. The van der Waals surface area contributed by atoms with Gasteiger partial charge in [0.2, 0.25) is 0 Å². The van der Waals surface area contributed by atoms with Crippen LogP contribution in [-0.2, 0) is 24.4 Å². The first-order valence-corrected chi connectivity index (χ1v) is 19.7. The van der Waals surface area contributed by atoms with E-state index in [0.29, 0.717) is 24.3 Å². The van der Waals surface area contributed by atoms with Crippen molar-refractivity contribution < 1.29 is 23.0 Å². The molecule has 6 nitrogen and oxygen atoms in total. The summed E-state index contributed by atoms with van der Waals surface area (Å²) < 4.78 is 27.5. The number of fused-ring (bicyclic) bond motifs is 1. The van der Waals surface area contributed by atoms with Gasteiger partial charge in [-0.1, -0.05) is 59.7 Å². The average molecular weight is 540 g/mol. The number of aliphatic hydroxyl groups is 1. The second kappa shape index (κ2) is 9.47. The van der Waals surface area contributed by atoms with Crippen LogP contribution in [0.25, 0.3) is 0 Å². The Balaban J connectivity index is 2.13. The summed E-state index contributed by atoms with van der Waals surface area (Å²) in [6.07, 6.45) is -0.588. The SMILES string of the molecule is CC(C)(C)[Si](C)(C)O[C@@H]1[C@@H](O[Si](C)(C)C(C)(C)C)C(=O)N2CCCC(S(=O)c3ccccc3)[C@@]12O. The van der Waals surface area contributed by atoms with Crippen LogP contribution in [0.15, 0.2) is 35.2 Å². The van der Waals surface area contributed by atoms with Gasteiger partial charge in [0.25, 0.3) is 5.91 Å². The van der Waals surface area contributed by atoms with Gasteiger partial charge in [0.15, 0.2) is 28.5 Å². The highest BCUT2D eigenvalue weighted by Crippen LogP contribution is 2.49. The molecule has 0 bridgehead atoms. The van der Waals surface area contributed by atoms with Gasteiger partial charge in [0.1, 0.15) is 6.10 Å². The van der Waals surface area contributed by atoms with E-state index in [2.05, 4.69) is 67.7 Å². The van der Waals surface area contributed by atoms with Crippen LogP contribution in [0.3, 0.4) is 0 Å². The van der Waals surface area contributed by atoms with Crippen molar-refractivity contribution in [2.45, 2.75) is 119 Å². The predicted molar refractivity (Wildman–Crippen MR) is 147 cm³/mol. The van der Waals surface area contributed by atoms with Gasteiger partial charge in [-0.3, -0.25) is 9.00 Å². The summed E-state index contributed by atoms with van der Waals surface area (Å²) in [5.41, 5.74) is -1.70. The molecule has 5 atom stereocenters. The van der Waals surface area contributed by atoms with Crippen LogP contribution >= 0.6 is 0 Å². The van der Waals surface area contributed by atoms with Crippen LogP contribution in [0, 0.1) is 0 Å². The first kappa shape index (κ1) is 28.7. The summed E-state index contributed by atoms with van der Waals surface area (Å²) in [4.78, 5) is 16.1. The quantitative estimate of drug-likeness (QED) is 0.499. The van der Waals surface area contributed by atoms with Gasteiger partial charge in [-0.05, 0) is 61.2 Å². The molecule has 2 aliphatic heterocycles. The molecule has 0 aliphatic carbocycles. The zero-order valence-corrected chi connectivity index (χ0v) is 26.0. The molecular weight excluding hydrogens is 495 g/mol. The van der Waals surface area contributed by atoms with Crippen molar-refractivity contribution in [3.8, 4) is 0 Å². The minimum Gasteiger partial charge on any atom is -0.406 e. The standard InChI is InChI=1S/C26H45NO5SSi2/c1-24(2,3)34(7,8)31-21-22(32-35(9,10)25(4,5)6)26(29)20(17-14-18-27(26)23(21)28)33(30)19-15-12-11-13-16-19/h11-13,15-16,20-22,29H,14,17-18H2,1-10H3/t20?,21-,22-,26-,33?/m1/s1. The van der Waals surface area contributed by atoms with Crippen molar-refractivity contribution in [2.24, 2.45) is 0 Å².